The van der Waals surface area contributed by atoms with Crippen LogP contribution < -0.4 is 10.6 Å². The van der Waals surface area contributed by atoms with Crippen molar-refractivity contribution in [3.63, 3.8) is 0 Å². The number of nitrogens with zero attached hydrogens (tertiary/aromatic N) is 3. The van der Waals surface area contributed by atoms with Crippen molar-refractivity contribution in [1.82, 2.24) is 19.6 Å². The highest BCUT2D eigenvalue weighted by Gasteiger charge is 2.21. The maximum Gasteiger partial charge on any atom is 0.254 e. The lowest BCUT2D eigenvalue weighted by molar-refractivity contribution is -0.123. The number of rotatable bonds is 4. The molecule has 1 aliphatic rings. The molecule has 0 bridgehead atoms. The lowest BCUT2D eigenvalue weighted by Crippen LogP contribution is -2.49. The number of nitrogens with one attached hydrogen (secondary N) is 2. The van der Waals surface area contributed by atoms with E-state index in [1.165, 1.54) is 11.5 Å². The van der Waals surface area contributed by atoms with Gasteiger partial charge in [0.25, 0.3) is 5.91 Å². The van der Waals surface area contributed by atoms with Crippen LogP contribution in [0.1, 0.15) is 21.7 Å². The van der Waals surface area contributed by atoms with Gasteiger partial charge < -0.3 is 15.5 Å². The van der Waals surface area contributed by atoms with Crippen LogP contribution in [0, 0.1) is 6.92 Å². The van der Waals surface area contributed by atoms with Gasteiger partial charge in [-0.3, -0.25) is 9.59 Å². The van der Waals surface area contributed by atoms with Crippen LogP contribution in [0.5, 0.6) is 0 Å². The van der Waals surface area contributed by atoms with Gasteiger partial charge in [0.1, 0.15) is 5.82 Å². The van der Waals surface area contributed by atoms with Gasteiger partial charge in [0.2, 0.25) is 11.0 Å². The van der Waals surface area contributed by atoms with Crippen LogP contribution in [0.4, 0.5) is 5.13 Å². The van der Waals surface area contributed by atoms with Crippen molar-refractivity contribution in [2.24, 2.45) is 0 Å². The van der Waals surface area contributed by atoms with Crippen LogP contribution in [-0.4, -0.2) is 45.7 Å². The summed E-state index contributed by atoms with van der Waals surface area (Å²) >= 11 is 1.32. The lowest BCUT2D eigenvalue weighted by Gasteiger charge is -2.26. The predicted molar refractivity (Wildman–Crippen MR) is 87.3 cm³/mol. The zero-order valence-electron chi connectivity index (χ0n) is 12.7. The number of amides is 2. The van der Waals surface area contributed by atoms with E-state index in [4.69, 9.17) is 0 Å². The fraction of sp³-hybridized carbons (Fsp3) is 0.333. The third-order valence-electron chi connectivity index (χ3n) is 3.50. The Balaban J connectivity index is 1.60. The second kappa shape index (κ2) is 6.74. The highest BCUT2D eigenvalue weighted by Crippen LogP contribution is 2.13. The van der Waals surface area contributed by atoms with Gasteiger partial charge in [-0.2, -0.15) is 4.37 Å². The molecule has 0 radical (unpaired) electrons. The molecule has 0 atom stereocenters. The molecule has 2 heterocycles. The van der Waals surface area contributed by atoms with E-state index >= 15 is 0 Å². The van der Waals surface area contributed by atoms with Gasteiger partial charge in [-0.15, -0.1) is 0 Å². The van der Waals surface area contributed by atoms with E-state index in [2.05, 4.69) is 20.0 Å². The first-order valence-electron chi connectivity index (χ1n) is 7.31. The monoisotopic (exact) mass is 331 g/mol. The molecule has 1 fully saturated rings. The third kappa shape index (κ3) is 3.84. The molecule has 1 saturated heterocycles. The quantitative estimate of drug-likeness (QED) is 0.874. The standard InChI is InChI=1S/C15H17N5O2S/c1-10-18-15(23-19-10)17-8-11-2-4-12(5-3-11)14(22)20-7-6-16-13(21)9-20/h2-5H,6-9H2,1H3,(H,16,21)(H,17,18,19). The molecule has 8 heteroatoms. The molecule has 0 aliphatic carbocycles. The fourth-order valence-corrected chi connectivity index (χ4v) is 2.88. The van der Waals surface area contributed by atoms with E-state index in [0.29, 0.717) is 25.2 Å². The van der Waals surface area contributed by atoms with Crippen LogP contribution in [0.25, 0.3) is 0 Å². The Bertz CT molecular complexity index is 713. The number of carbonyl (C=O) groups excluding carboxylic acids is 2. The molecule has 0 unspecified atom stereocenters. The smallest absolute Gasteiger partial charge is 0.254 e. The molecular weight excluding hydrogens is 314 g/mol. The summed E-state index contributed by atoms with van der Waals surface area (Å²) in [5, 5.41) is 6.69. The van der Waals surface area contributed by atoms with Gasteiger partial charge in [-0.1, -0.05) is 12.1 Å². The third-order valence-corrected chi connectivity index (χ3v) is 4.26. The molecule has 1 aromatic carbocycles. The second-order valence-corrected chi connectivity index (χ2v) is 6.03. The Kier molecular flexibility index (Phi) is 4.52. The second-order valence-electron chi connectivity index (χ2n) is 5.27. The molecule has 23 heavy (non-hydrogen) atoms. The Labute approximate surface area is 137 Å². The first-order valence-corrected chi connectivity index (χ1v) is 8.08. The number of piperazine rings is 1. The average molecular weight is 331 g/mol. The Hall–Kier alpha value is -2.48. The predicted octanol–water partition coefficient (Wildman–Crippen LogP) is 1.03. The molecule has 2 aromatic rings. The van der Waals surface area contributed by atoms with Crippen molar-refractivity contribution in [2.45, 2.75) is 13.5 Å². The van der Waals surface area contributed by atoms with Gasteiger partial charge in [-0.05, 0) is 24.6 Å². The van der Waals surface area contributed by atoms with Crippen molar-refractivity contribution in [2.75, 3.05) is 25.0 Å². The van der Waals surface area contributed by atoms with Gasteiger partial charge in [0, 0.05) is 36.7 Å². The molecule has 2 N–H and O–H groups in total. The lowest BCUT2D eigenvalue weighted by atomic mass is 10.1. The summed E-state index contributed by atoms with van der Waals surface area (Å²) in [6, 6.07) is 7.38. The van der Waals surface area contributed by atoms with Gasteiger partial charge >= 0.3 is 0 Å². The minimum absolute atomic E-state index is 0.112. The molecule has 120 valence electrons. The first kappa shape index (κ1) is 15.4. The summed E-state index contributed by atoms with van der Waals surface area (Å²) in [7, 11) is 0. The molecular formula is C15H17N5O2S. The van der Waals surface area contributed by atoms with E-state index < -0.39 is 0 Å². The number of aromatic nitrogens is 2. The minimum atomic E-state index is -0.113. The maximum absolute atomic E-state index is 12.4. The zero-order chi connectivity index (χ0) is 16.2. The Morgan fingerprint density at radius 2 is 2.17 bits per heavy atom. The molecule has 0 saturated carbocycles. The number of anilines is 1. The van der Waals surface area contributed by atoms with Crippen molar-refractivity contribution in [1.29, 1.82) is 0 Å². The maximum atomic E-state index is 12.4. The largest absolute Gasteiger partial charge is 0.356 e. The fourth-order valence-electron chi connectivity index (χ4n) is 2.31. The van der Waals surface area contributed by atoms with Crippen molar-refractivity contribution in [3.05, 3.63) is 41.2 Å². The number of aryl methyl sites for hydroxylation is 1. The number of carbonyl (C=O) groups is 2. The van der Waals surface area contributed by atoms with Crippen molar-refractivity contribution in [3.8, 4) is 0 Å². The molecule has 1 aromatic heterocycles. The number of hydrogen-bond donors (Lipinski definition) is 2. The molecule has 3 rings (SSSR count). The highest BCUT2D eigenvalue weighted by atomic mass is 32.1. The number of benzene rings is 1. The summed E-state index contributed by atoms with van der Waals surface area (Å²) in [5.74, 6) is 0.529. The van der Waals surface area contributed by atoms with Crippen molar-refractivity contribution >= 4 is 28.5 Å². The minimum Gasteiger partial charge on any atom is -0.356 e. The van der Waals surface area contributed by atoms with Crippen LogP contribution in [0.3, 0.4) is 0 Å². The molecule has 0 spiro atoms. The summed E-state index contributed by atoms with van der Waals surface area (Å²) in [6.07, 6.45) is 0. The topological polar surface area (TPSA) is 87.2 Å². The SMILES string of the molecule is Cc1nsc(NCc2ccc(C(=O)N3CCNC(=O)C3)cc2)n1. The van der Waals surface area contributed by atoms with Crippen LogP contribution in [0.15, 0.2) is 24.3 Å². The van der Waals surface area contributed by atoms with Gasteiger partial charge in [0.15, 0.2) is 0 Å². The molecule has 2 amide bonds. The number of hydrogen-bond acceptors (Lipinski definition) is 6. The summed E-state index contributed by atoms with van der Waals surface area (Å²) in [4.78, 5) is 29.5. The normalized spacial score (nSPS) is 14.5. The van der Waals surface area contributed by atoms with Crippen LogP contribution in [0.2, 0.25) is 0 Å². The Morgan fingerprint density at radius 3 is 2.83 bits per heavy atom. The van der Waals surface area contributed by atoms with Crippen LogP contribution in [-0.2, 0) is 11.3 Å². The van der Waals surface area contributed by atoms with E-state index in [0.717, 1.165) is 16.5 Å². The zero-order valence-corrected chi connectivity index (χ0v) is 13.5. The average Bonchev–Trinajstić information content (AvgIpc) is 2.98. The van der Waals surface area contributed by atoms with E-state index in [9.17, 15) is 9.59 Å². The van der Waals surface area contributed by atoms with Gasteiger partial charge in [0.05, 0.1) is 6.54 Å². The highest BCUT2D eigenvalue weighted by molar-refractivity contribution is 7.09. The van der Waals surface area contributed by atoms with E-state index in [1.54, 1.807) is 17.0 Å². The van der Waals surface area contributed by atoms with E-state index in [1.807, 2.05) is 19.1 Å². The Morgan fingerprint density at radius 1 is 1.39 bits per heavy atom. The first-order chi connectivity index (χ1) is 11.1. The summed E-state index contributed by atoms with van der Waals surface area (Å²) in [6.45, 7) is 3.65. The molecule has 1 aliphatic heterocycles. The van der Waals surface area contributed by atoms with Gasteiger partial charge in [-0.25, -0.2) is 4.98 Å². The van der Waals surface area contributed by atoms with Crippen LogP contribution >= 0.6 is 11.5 Å². The molecule has 7 nitrogen and oxygen atoms in total. The summed E-state index contributed by atoms with van der Waals surface area (Å²) < 4.78 is 4.11. The van der Waals surface area contributed by atoms with E-state index in [-0.39, 0.29) is 18.4 Å². The van der Waals surface area contributed by atoms with Crippen molar-refractivity contribution < 1.29 is 9.59 Å². The summed E-state index contributed by atoms with van der Waals surface area (Å²) in [5.41, 5.74) is 1.64.